The summed E-state index contributed by atoms with van der Waals surface area (Å²) in [6, 6.07) is 17.9. The van der Waals surface area contributed by atoms with Crippen molar-refractivity contribution in [3.63, 3.8) is 0 Å². The van der Waals surface area contributed by atoms with E-state index in [0.29, 0.717) is 5.75 Å². The molecule has 0 radical (unpaired) electrons. The lowest BCUT2D eigenvalue weighted by Gasteiger charge is -2.21. The molecule has 0 amide bonds. The van der Waals surface area contributed by atoms with E-state index in [-0.39, 0.29) is 5.92 Å². The van der Waals surface area contributed by atoms with Crippen molar-refractivity contribution in [2.75, 3.05) is 7.11 Å². The van der Waals surface area contributed by atoms with Crippen molar-refractivity contribution >= 4 is 5.57 Å². The van der Waals surface area contributed by atoms with Crippen LogP contribution in [-0.2, 0) is 6.42 Å². The van der Waals surface area contributed by atoms with Gasteiger partial charge in [0.05, 0.1) is 7.11 Å². The Morgan fingerprint density at radius 3 is 2.46 bits per heavy atom. The Bertz CT molecular complexity index is 726. The fraction of sp³-hybridized carbons (Fsp3) is 0.273. The molecular weight excluding hydrogens is 299 g/mol. The molecule has 0 saturated carbocycles. The number of hydrogen-bond acceptors (Lipinski definition) is 1. The first-order chi connectivity index (χ1) is 11.7. The number of alkyl halides is 1. The van der Waals surface area contributed by atoms with Crippen molar-refractivity contribution in [3.05, 3.63) is 83.4 Å². The second-order valence-electron chi connectivity index (χ2n) is 6.01. The van der Waals surface area contributed by atoms with Gasteiger partial charge in [0.15, 0.2) is 5.75 Å². The Morgan fingerprint density at radius 2 is 1.88 bits per heavy atom. The van der Waals surface area contributed by atoms with E-state index >= 15 is 0 Å². The highest BCUT2D eigenvalue weighted by Gasteiger charge is 2.22. The largest absolute Gasteiger partial charge is 0.489 e. The van der Waals surface area contributed by atoms with Gasteiger partial charge >= 0.3 is 0 Å². The topological polar surface area (TPSA) is 9.23 Å². The van der Waals surface area contributed by atoms with Gasteiger partial charge in [0.25, 0.3) is 0 Å². The molecule has 1 nitrogen and oxygen atoms in total. The Hall–Kier alpha value is -2.53. The summed E-state index contributed by atoms with van der Waals surface area (Å²) in [4.78, 5) is 0. The Morgan fingerprint density at radius 1 is 1.08 bits per heavy atom. The molecule has 0 aromatic heterocycles. The maximum Gasteiger partial charge on any atom is 0.169 e. The molecule has 24 heavy (non-hydrogen) atoms. The van der Waals surface area contributed by atoms with Gasteiger partial charge in [-0.2, -0.15) is 0 Å². The predicted octanol–water partition coefficient (Wildman–Crippen LogP) is 5.32. The molecule has 1 aliphatic carbocycles. The molecule has 2 aromatic rings. The van der Waals surface area contributed by atoms with E-state index in [4.69, 9.17) is 4.74 Å². The summed E-state index contributed by atoms with van der Waals surface area (Å²) in [7, 11) is 1.59. The zero-order chi connectivity index (χ0) is 16.9. The third-order valence-corrected chi connectivity index (χ3v) is 4.32. The van der Waals surface area contributed by atoms with Crippen molar-refractivity contribution in [1.82, 2.24) is 0 Å². The van der Waals surface area contributed by atoms with Crippen LogP contribution in [0.1, 0.15) is 36.0 Å². The summed E-state index contributed by atoms with van der Waals surface area (Å²) in [6.07, 6.45) is 6.71. The monoisotopic (exact) mass is 320 g/mol. The van der Waals surface area contributed by atoms with Gasteiger partial charge < -0.3 is 4.74 Å². The van der Waals surface area contributed by atoms with Gasteiger partial charge in [0.2, 0.25) is 0 Å². The fourth-order valence-electron chi connectivity index (χ4n) is 2.97. The van der Waals surface area contributed by atoms with E-state index in [0.717, 1.165) is 29.5 Å². The molecule has 0 spiro atoms. The van der Waals surface area contributed by atoms with Crippen LogP contribution in [-0.4, -0.2) is 13.3 Å². The van der Waals surface area contributed by atoms with Gasteiger partial charge in [-0.15, -0.1) is 0 Å². The first kappa shape index (κ1) is 16.3. The lowest BCUT2D eigenvalue weighted by molar-refractivity contribution is 0.370. The first-order valence-electron chi connectivity index (χ1n) is 8.32. The summed E-state index contributed by atoms with van der Waals surface area (Å²) in [5, 5.41) is 0. The minimum Gasteiger partial charge on any atom is -0.489 e. The molecule has 2 heteroatoms. The highest BCUT2D eigenvalue weighted by Crippen LogP contribution is 2.32. The van der Waals surface area contributed by atoms with Gasteiger partial charge in [-0.25, -0.2) is 4.39 Å². The van der Waals surface area contributed by atoms with Crippen LogP contribution in [0.3, 0.4) is 0 Å². The van der Waals surface area contributed by atoms with Crippen molar-refractivity contribution in [2.24, 2.45) is 0 Å². The molecule has 0 fully saturated rings. The summed E-state index contributed by atoms with van der Waals surface area (Å²) in [5.74, 6) is 0.396. The van der Waals surface area contributed by atoms with Crippen molar-refractivity contribution in [1.29, 1.82) is 0 Å². The summed E-state index contributed by atoms with van der Waals surface area (Å²) in [6.45, 7) is 2.16. The molecule has 2 aromatic carbocycles. The van der Waals surface area contributed by atoms with Gasteiger partial charge in [-0.3, -0.25) is 0 Å². The van der Waals surface area contributed by atoms with Crippen LogP contribution in [0.15, 0.2) is 54.6 Å². The smallest absolute Gasteiger partial charge is 0.169 e. The average Bonchev–Trinajstić information content (AvgIpc) is 2.63. The second-order valence-corrected chi connectivity index (χ2v) is 6.01. The summed E-state index contributed by atoms with van der Waals surface area (Å²) >= 11 is 0. The molecule has 0 heterocycles. The van der Waals surface area contributed by atoms with Crippen molar-refractivity contribution < 1.29 is 9.13 Å². The van der Waals surface area contributed by atoms with E-state index in [1.165, 1.54) is 5.56 Å². The number of aryl methyl sites for hydroxylation is 1. The maximum absolute atomic E-state index is 14.7. The number of rotatable bonds is 5. The van der Waals surface area contributed by atoms with Crippen molar-refractivity contribution in [2.45, 2.75) is 31.9 Å². The lowest BCUT2D eigenvalue weighted by Crippen LogP contribution is -2.13. The Kier molecular flexibility index (Phi) is 5.01. The van der Waals surface area contributed by atoms with Gasteiger partial charge in [-0.1, -0.05) is 55.8 Å². The molecule has 1 aliphatic rings. The molecular formula is C22H21FO. The maximum atomic E-state index is 14.7. The molecule has 0 bridgehead atoms. The minimum absolute atomic E-state index is 0.230. The van der Waals surface area contributed by atoms with Crippen molar-refractivity contribution in [3.8, 4) is 5.75 Å². The lowest BCUT2D eigenvalue weighted by atomic mass is 9.86. The Balaban J connectivity index is 1.76. The molecule has 2 atom stereocenters. The standard InChI is InChI=1S/C22H21FO/c1-3-4-16-5-7-18(8-6-16)21-14-11-19(15-22(21)23)17-9-12-20(24-2)13-10-17/h5-9,11-12,14-15,21-22H,3-4H2,1-2H3. The summed E-state index contributed by atoms with van der Waals surface area (Å²) in [5.41, 5.74) is 3.97. The molecule has 0 aliphatic heterocycles. The van der Waals surface area contributed by atoms with Crippen LogP contribution in [0.4, 0.5) is 4.39 Å². The van der Waals surface area contributed by atoms with Gasteiger partial charge in [0, 0.05) is 11.5 Å². The first-order valence-corrected chi connectivity index (χ1v) is 8.32. The summed E-state index contributed by atoms with van der Waals surface area (Å²) < 4.78 is 19.8. The number of methoxy groups -OCH3 is 1. The number of halogens is 1. The Labute approximate surface area is 143 Å². The zero-order valence-electron chi connectivity index (χ0n) is 14.1. The number of hydrogen-bond donors (Lipinski definition) is 0. The van der Waals surface area contributed by atoms with E-state index in [1.54, 1.807) is 13.2 Å². The average molecular weight is 320 g/mol. The van der Waals surface area contributed by atoms with Gasteiger partial charge in [-0.05, 0) is 47.4 Å². The van der Waals surface area contributed by atoms with Crippen LogP contribution in [0, 0.1) is 12.1 Å². The molecule has 0 saturated heterocycles. The van der Waals surface area contributed by atoms with Crippen LogP contribution in [0.25, 0.3) is 5.57 Å². The van der Waals surface area contributed by atoms with Crippen LogP contribution in [0.2, 0.25) is 0 Å². The van der Waals surface area contributed by atoms with Gasteiger partial charge in [0.1, 0.15) is 6.17 Å². The molecule has 3 rings (SSSR count). The quantitative estimate of drug-likeness (QED) is 0.724. The number of benzene rings is 1. The van der Waals surface area contributed by atoms with E-state index in [2.05, 4.69) is 31.2 Å². The van der Waals surface area contributed by atoms with Crippen LogP contribution in [0.5, 0.6) is 5.75 Å². The SMILES string of the molecule is CCCc1ccc(C2C=CC(c3c#cc(OC)cc3)=CC2F)cc1. The normalized spacial score (nSPS) is 19.5. The predicted molar refractivity (Wildman–Crippen MR) is 95.9 cm³/mol. The molecule has 122 valence electrons. The number of ether oxygens (including phenoxy) is 1. The number of allylic oxidation sites excluding steroid dienone is 4. The highest BCUT2D eigenvalue weighted by atomic mass is 19.1. The second kappa shape index (κ2) is 7.36. The zero-order valence-corrected chi connectivity index (χ0v) is 14.1. The van der Waals surface area contributed by atoms with E-state index in [9.17, 15) is 4.39 Å². The third-order valence-electron chi connectivity index (χ3n) is 4.32. The van der Waals surface area contributed by atoms with Crippen LogP contribution < -0.4 is 4.74 Å². The van der Waals surface area contributed by atoms with E-state index in [1.807, 2.05) is 36.4 Å². The third kappa shape index (κ3) is 3.51. The molecule has 2 unspecified atom stereocenters. The van der Waals surface area contributed by atoms with Crippen LogP contribution >= 0.6 is 0 Å². The fourth-order valence-corrected chi connectivity index (χ4v) is 2.97. The minimum atomic E-state index is -1.04. The highest BCUT2D eigenvalue weighted by molar-refractivity contribution is 5.75. The van der Waals surface area contributed by atoms with E-state index < -0.39 is 6.17 Å². The molecule has 0 N–H and O–H groups in total.